The van der Waals surface area contributed by atoms with Gasteiger partial charge in [0.1, 0.15) is 24.5 Å². The number of anilines is 1. The number of nitrogens with one attached hydrogen (secondary N) is 1. The standard InChI is InChI=1S/C29H24BrClN2O6/c1-3-13-38-26-24(30)15-19(16-25(26)37-4-2)14-23-27(34)32-29(36)33(28(23)35)21-9-11-22(12-10-21)39-17-18-5-7-20(31)8-6-18/h3,5-12,14-16H,1,4,13,17H2,2H3,(H,32,34,36)/b23-14+. The molecule has 1 saturated heterocycles. The quantitative estimate of drug-likeness (QED) is 0.164. The molecule has 3 aromatic carbocycles. The molecule has 0 unspecified atom stereocenters. The zero-order valence-corrected chi connectivity index (χ0v) is 23.3. The van der Waals surface area contributed by atoms with Crippen molar-refractivity contribution in [3.8, 4) is 17.2 Å². The van der Waals surface area contributed by atoms with Gasteiger partial charge in [0.15, 0.2) is 11.5 Å². The number of amides is 4. The molecule has 4 amide bonds. The molecule has 1 N–H and O–H groups in total. The smallest absolute Gasteiger partial charge is 0.335 e. The highest BCUT2D eigenvalue weighted by Crippen LogP contribution is 2.38. The molecule has 1 aliphatic rings. The summed E-state index contributed by atoms with van der Waals surface area (Å²) < 4.78 is 17.7. The van der Waals surface area contributed by atoms with Crippen molar-refractivity contribution in [1.29, 1.82) is 0 Å². The van der Waals surface area contributed by atoms with Crippen molar-refractivity contribution in [3.05, 3.63) is 99.5 Å². The number of imide groups is 2. The SMILES string of the molecule is C=CCOc1c(Br)cc(/C=C2\C(=O)NC(=O)N(c3ccc(OCc4ccc(Cl)cc4)cc3)C2=O)cc1OCC. The lowest BCUT2D eigenvalue weighted by Gasteiger charge is -2.26. The number of benzene rings is 3. The summed E-state index contributed by atoms with van der Waals surface area (Å²) in [5, 5.41) is 2.86. The van der Waals surface area contributed by atoms with Crippen molar-refractivity contribution in [2.45, 2.75) is 13.5 Å². The molecule has 1 fully saturated rings. The highest BCUT2D eigenvalue weighted by molar-refractivity contribution is 9.10. The van der Waals surface area contributed by atoms with E-state index >= 15 is 0 Å². The molecule has 0 radical (unpaired) electrons. The van der Waals surface area contributed by atoms with Crippen LogP contribution in [0, 0.1) is 0 Å². The van der Waals surface area contributed by atoms with Gasteiger partial charge in [0.25, 0.3) is 11.8 Å². The summed E-state index contributed by atoms with van der Waals surface area (Å²) in [6.07, 6.45) is 3.00. The summed E-state index contributed by atoms with van der Waals surface area (Å²) in [5.41, 5.74) is 1.49. The Labute approximate surface area is 238 Å². The first-order valence-electron chi connectivity index (χ1n) is 11.9. The molecule has 0 saturated carbocycles. The second-order valence-corrected chi connectivity index (χ2v) is 9.52. The van der Waals surface area contributed by atoms with Crippen LogP contribution in [0.3, 0.4) is 0 Å². The first kappa shape index (κ1) is 27.9. The van der Waals surface area contributed by atoms with Crippen molar-refractivity contribution < 1.29 is 28.6 Å². The number of barbiturate groups is 1. The summed E-state index contributed by atoms with van der Waals surface area (Å²) >= 11 is 9.36. The lowest BCUT2D eigenvalue weighted by atomic mass is 10.1. The Morgan fingerprint density at radius 3 is 2.38 bits per heavy atom. The second-order valence-electron chi connectivity index (χ2n) is 8.23. The summed E-state index contributed by atoms with van der Waals surface area (Å²) in [6, 6.07) is 16.2. The third-order valence-electron chi connectivity index (χ3n) is 5.50. The van der Waals surface area contributed by atoms with Crippen LogP contribution in [-0.2, 0) is 16.2 Å². The normalized spacial score (nSPS) is 14.3. The number of rotatable bonds is 10. The fraction of sp³-hybridized carbons (Fsp3) is 0.138. The molecule has 200 valence electrons. The van der Waals surface area contributed by atoms with Gasteiger partial charge in [-0.2, -0.15) is 0 Å². The number of hydrogen-bond acceptors (Lipinski definition) is 6. The van der Waals surface area contributed by atoms with Gasteiger partial charge in [-0.1, -0.05) is 36.4 Å². The number of carbonyl (C=O) groups is 3. The van der Waals surface area contributed by atoms with Gasteiger partial charge in [-0.25, -0.2) is 9.69 Å². The van der Waals surface area contributed by atoms with Crippen LogP contribution in [0.2, 0.25) is 5.02 Å². The summed E-state index contributed by atoms with van der Waals surface area (Å²) in [4.78, 5) is 39.5. The number of ether oxygens (including phenoxy) is 3. The van der Waals surface area contributed by atoms with Gasteiger partial charge in [-0.3, -0.25) is 14.9 Å². The minimum absolute atomic E-state index is 0.216. The maximum atomic E-state index is 13.3. The number of nitrogens with zero attached hydrogens (tertiary/aromatic N) is 1. The predicted octanol–water partition coefficient (Wildman–Crippen LogP) is 6.31. The molecular formula is C29H24BrClN2O6. The average molecular weight is 612 g/mol. The van der Waals surface area contributed by atoms with E-state index in [1.165, 1.54) is 6.08 Å². The Morgan fingerprint density at radius 1 is 1.00 bits per heavy atom. The zero-order chi connectivity index (χ0) is 27.9. The van der Waals surface area contributed by atoms with Gasteiger partial charge < -0.3 is 14.2 Å². The Kier molecular flexibility index (Phi) is 9.06. The van der Waals surface area contributed by atoms with Crippen molar-refractivity contribution in [2.24, 2.45) is 0 Å². The van der Waals surface area contributed by atoms with Gasteiger partial charge in [0, 0.05) is 5.02 Å². The maximum absolute atomic E-state index is 13.3. The van der Waals surface area contributed by atoms with Crippen LogP contribution in [0.15, 0.2) is 83.4 Å². The van der Waals surface area contributed by atoms with Crippen LogP contribution in [0.25, 0.3) is 6.08 Å². The molecule has 4 rings (SSSR count). The topological polar surface area (TPSA) is 94.2 Å². The molecule has 0 spiro atoms. The fourth-order valence-corrected chi connectivity index (χ4v) is 4.41. The minimum Gasteiger partial charge on any atom is -0.490 e. The van der Waals surface area contributed by atoms with E-state index in [4.69, 9.17) is 25.8 Å². The van der Waals surface area contributed by atoms with Crippen molar-refractivity contribution >= 4 is 57.1 Å². The van der Waals surface area contributed by atoms with Crippen LogP contribution in [-0.4, -0.2) is 31.1 Å². The Bertz CT molecular complexity index is 1440. The third-order valence-corrected chi connectivity index (χ3v) is 6.34. The third kappa shape index (κ3) is 6.68. The lowest BCUT2D eigenvalue weighted by molar-refractivity contribution is -0.122. The molecule has 3 aromatic rings. The molecule has 0 bridgehead atoms. The number of hydrogen-bond donors (Lipinski definition) is 1. The van der Waals surface area contributed by atoms with Gasteiger partial charge >= 0.3 is 6.03 Å². The van der Waals surface area contributed by atoms with Gasteiger partial charge in [0.05, 0.1) is 16.8 Å². The van der Waals surface area contributed by atoms with E-state index in [1.807, 2.05) is 19.1 Å². The van der Waals surface area contributed by atoms with Gasteiger partial charge in [-0.15, -0.1) is 0 Å². The average Bonchev–Trinajstić information content (AvgIpc) is 2.91. The van der Waals surface area contributed by atoms with Gasteiger partial charge in [0.2, 0.25) is 0 Å². The highest BCUT2D eigenvalue weighted by Gasteiger charge is 2.37. The molecule has 0 atom stereocenters. The largest absolute Gasteiger partial charge is 0.490 e. The van der Waals surface area contributed by atoms with Crippen LogP contribution >= 0.6 is 27.5 Å². The zero-order valence-electron chi connectivity index (χ0n) is 20.9. The Balaban J connectivity index is 1.56. The molecule has 1 heterocycles. The van der Waals surface area contributed by atoms with E-state index in [0.717, 1.165) is 10.5 Å². The van der Waals surface area contributed by atoms with Crippen molar-refractivity contribution in [1.82, 2.24) is 5.32 Å². The molecule has 39 heavy (non-hydrogen) atoms. The van der Waals surface area contributed by atoms with Crippen LogP contribution in [0.4, 0.5) is 10.5 Å². The van der Waals surface area contributed by atoms with E-state index in [2.05, 4.69) is 27.8 Å². The van der Waals surface area contributed by atoms with Crippen molar-refractivity contribution in [3.63, 3.8) is 0 Å². The van der Waals surface area contributed by atoms with E-state index in [9.17, 15) is 14.4 Å². The summed E-state index contributed by atoms with van der Waals surface area (Å²) in [7, 11) is 0. The lowest BCUT2D eigenvalue weighted by Crippen LogP contribution is -2.54. The molecule has 8 nitrogen and oxygen atoms in total. The number of halogens is 2. The fourth-order valence-electron chi connectivity index (χ4n) is 3.71. The van der Waals surface area contributed by atoms with Gasteiger partial charge in [-0.05, 0) is 88.6 Å². The molecule has 10 heteroatoms. The van der Waals surface area contributed by atoms with E-state index in [1.54, 1.807) is 54.6 Å². The molecule has 1 aliphatic heterocycles. The molecule has 0 aliphatic carbocycles. The van der Waals surface area contributed by atoms with E-state index < -0.39 is 17.8 Å². The number of urea groups is 1. The monoisotopic (exact) mass is 610 g/mol. The first-order chi connectivity index (χ1) is 18.8. The minimum atomic E-state index is -0.846. The Hall–Kier alpha value is -4.08. The second kappa shape index (κ2) is 12.6. The van der Waals surface area contributed by atoms with Crippen molar-refractivity contribution in [2.75, 3.05) is 18.1 Å². The van der Waals surface area contributed by atoms with E-state index in [0.29, 0.717) is 45.5 Å². The van der Waals surface area contributed by atoms with Crippen LogP contribution in [0.5, 0.6) is 17.2 Å². The molecule has 0 aromatic heterocycles. The predicted molar refractivity (Wildman–Crippen MR) is 152 cm³/mol. The maximum Gasteiger partial charge on any atom is 0.335 e. The molecular weight excluding hydrogens is 588 g/mol. The summed E-state index contributed by atoms with van der Waals surface area (Å²) in [6.45, 7) is 6.43. The van der Waals surface area contributed by atoms with Crippen LogP contribution in [0.1, 0.15) is 18.1 Å². The summed E-state index contributed by atoms with van der Waals surface area (Å²) in [5.74, 6) is -0.137. The highest BCUT2D eigenvalue weighted by atomic mass is 79.9. The Morgan fingerprint density at radius 2 is 1.72 bits per heavy atom. The first-order valence-corrected chi connectivity index (χ1v) is 13.1. The number of carbonyl (C=O) groups excluding carboxylic acids is 3. The van der Waals surface area contributed by atoms with Crippen LogP contribution < -0.4 is 24.4 Å². The van der Waals surface area contributed by atoms with E-state index in [-0.39, 0.29) is 17.9 Å².